The molecule has 2 unspecified atom stereocenters. The summed E-state index contributed by atoms with van der Waals surface area (Å²) in [5.41, 5.74) is 0. The van der Waals surface area contributed by atoms with Crippen molar-refractivity contribution in [2.45, 2.75) is 58.9 Å². The van der Waals surface area contributed by atoms with E-state index in [1.165, 1.54) is 25.7 Å². The molecule has 0 spiro atoms. The molecular formula is C13H27N. The topological polar surface area (TPSA) is 12.0 Å². The molecule has 0 aromatic carbocycles. The van der Waals surface area contributed by atoms with Gasteiger partial charge in [0.05, 0.1) is 0 Å². The fourth-order valence-electron chi connectivity index (χ4n) is 1.62. The highest BCUT2D eigenvalue weighted by molar-refractivity contribution is 4.75. The zero-order chi connectivity index (χ0) is 10.8. The minimum atomic E-state index is 0.697. The Labute approximate surface area is 90.0 Å². The van der Waals surface area contributed by atoms with E-state index in [4.69, 9.17) is 0 Å². The number of hydrogen-bond acceptors (Lipinski definition) is 1. The van der Waals surface area contributed by atoms with E-state index in [9.17, 15) is 0 Å². The summed E-state index contributed by atoms with van der Waals surface area (Å²) in [6, 6.07) is 0.697. The maximum atomic E-state index is 3.78. The van der Waals surface area contributed by atoms with Gasteiger partial charge in [-0.15, -0.1) is 6.58 Å². The standard InChI is InChI=1S/C13H27N/c1-5-8-9-13(14-10-6-2)11-12(4)7-3/h5,12-14H,1,6-11H2,2-4H3. The highest BCUT2D eigenvalue weighted by Gasteiger charge is 2.10. The van der Waals surface area contributed by atoms with Gasteiger partial charge in [-0.05, 0) is 38.1 Å². The van der Waals surface area contributed by atoms with Gasteiger partial charge in [-0.3, -0.25) is 0 Å². The maximum Gasteiger partial charge on any atom is 0.00725 e. The van der Waals surface area contributed by atoms with E-state index in [0.717, 1.165) is 18.9 Å². The van der Waals surface area contributed by atoms with Crippen molar-refractivity contribution >= 4 is 0 Å². The summed E-state index contributed by atoms with van der Waals surface area (Å²) in [7, 11) is 0. The van der Waals surface area contributed by atoms with Gasteiger partial charge in [0.25, 0.3) is 0 Å². The molecule has 0 heterocycles. The molecule has 0 fully saturated rings. The Kier molecular flexibility index (Phi) is 9.06. The van der Waals surface area contributed by atoms with Gasteiger partial charge < -0.3 is 5.32 Å². The summed E-state index contributed by atoms with van der Waals surface area (Å²) >= 11 is 0. The lowest BCUT2D eigenvalue weighted by molar-refractivity contribution is 0.378. The average molecular weight is 197 g/mol. The highest BCUT2D eigenvalue weighted by atomic mass is 14.9. The molecule has 1 nitrogen and oxygen atoms in total. The van der Waals surface area contributed by atoms with Crippen molar-refractivity contribution in [1.29, 1.82) is 0 Å². The lowest BCUT2D eigenvalue weighted by Gasteiger charge is -2.21. The van der Waals surface area contributed by atoms with Gasteiger partial charge in [-0.2, -0.15) is 0 Å². The second-order valence-corrected chi connectivity index (χ2v) is 4.27. The summed E-state index contributed by atoms with van der Waals surface area (Å²) in [4.78, 5) is 0. The summed E-state index contributed by atoms with van der Waals surface area (Å²) in [5, 5.41) is 3.62. The van der Waals surface area contributed by atoms with Crippen molar-refractivity contribution in [2.75, 3.05) is 6.54 Å². The molecule has 1 heteroatoms. The monoisotopic (exact) mass is 197 g/mol. The number of hydrogen-bond donors (Lipinski definition) is 1. The average Bonchev–Trinajstić information content (AvgIpc) is 2.21. The van der Waals surface area contributed by atoms with Crippen LogP contribution in [0.3, 0.4) is 0 Å². The van der Waals surface area contributed by atoms with Crippen LogP contribution in [0.5, 0.6) is 0 Å². The first-order valence-corrected chi connectivity index (χ1v) is 6.08. The van der Waals surface area contributed by atoms with Crippen molar-refractivity contribution in [3.63, 3.8) is 0 Å². The van der Waals surface area contributed by atoms with Crippen LogP contribution in [-0.2, 0) is 0 Å². The second-order valence-electron chi connectivity index (χ2n) is 4.27. The molecule has 0 radical (unpaired) electrons. The molecule has 0 amide bonds. The Balaban J connectivity index is 3.76. The van der Waals surface area contributed by atoms with E-state index in [0.29, 0.717) is 6.04 Å². The number of rotatable bonds is 9. The fraction of sp³-hybridized carbons (Fsp3) is 0.846. The molecule has 14 heavy (non-hydrogen) atoms. The Morgan fingerprint density at radius 3 is 2.57 bits per heavy atom. The lowest BCUT2D eigenvalue weighted by Crippen LogP contribution is -2.31. The van der Waals surface area contributed by atoms with Crippen LogP contribution < -0.4 is 5.32 Å². The molecule has 0 aliphatic carbocycles. The molecule has 0 bridgehead atoms. The quantitative estimate of drug-likeness (QED) is 0.555. The van der Waals surface area contributed by atoms with Gasteiger partial charge in [-0.1, -0.05) is 33.3 Å². The van der Waals surface area contributed by atoms with Crippen LogP contribution in [0.1, 0.15) is 52.9 Å². The van der Waals surface area contributed by atoms with E-state index >= 15 is 0 Å². The Morgan fingerprint density at radius 1 is 1.36 bits per heavy atom. The van der Waals surface area contributed by atoms with Crippen LogP contribution in [0.15, 0.2) is 12.7 Å². The first-order chi connectivity index (χ1) is 6.74. The minimum absolute atomic E-state index is 0.697. The van der Waals surface area contributed by atoms with Crippen molar-refractivity contribution in [3.05, 3.63) is 12.7 Å². The molecule has 0 saturated heterocycles. The molecule has 0 aromatic heterocycles. The SMILES string of the molecule is C=CCCC(CC(C)CC)NCCC. The van der Waals surface area contributed by atoms with Crippen LogP contribution in [-0.4, -0.2) is 12.6 Å². The smallest absolute Gasteiger partial charge is 0.00725 e. The Hall–Kier alpha value is -0.300. The van der Waals surface area contributed by atoms with E-state index in [1.54, 1.807) is 0 Å². The van der Waals surface area contributed by atoms with Crippen LogP contribution in [0, 0.1) is 5.92 Å². The molecule has 84 valence electrons. The predicted octanol–water partition coefficient (Wildman–Crippen LogP) is 3.76. The highest BCUT2D eigenvalue weighted by Crippen LogP contribution is 2.13. The van der Waals surface area contributed by atoms with Gasteiger partial charge in [0.2, 0.25) is 0 Å². The van der Waals surface area contributed by atoms with Crippen LogP contribution in [0.25, 0.3) is 0 Å². The van der Waals surface area contributed by atoms with Crippen LogP contribution in [0.4, 0.5) is 0 Å². The van der Waals surface area contributed by atoms with Gasteiger partial charge >= 0.3 is 0 Å². The van der Waals surface area contributed by atoms with Crippen molar-refractivity contribution in [3.8, 4) is 0 Å². The fourth-order valence-corrected chi connectivity index (χ4v) is 1.62. The van der Waals surface area contributed by atoms with Crippen molar-refractivity contribution in [2.24, 2.45) is 5.92 Å². The molecule has 0 aromatic rings. The largest absolute Gasteiger partial charge is 0.314 e. The molecular weight excluding hydrogens is 170 g/mol. The Bertz CT molecular complexity index is 131. The van der Waals surface area contributed by atoms with E-state index in [-0.39, 0.29) is 0 Å². The second kappa shape index (κ2) is 9.26. The Morgan fingerprint density at radius 2 is 2.07 bits per heavy atom. The lowest BCUT2D eigenvalue weighted by atomic mass is 9.96. The molecule has 2 atom stereocenters. The van der Waals surface area contributed by atoms with E-state index in [1.807, 2.05) is 6.08 Å². The molecule has 0 aliphatic heterocycles. The van der Waals surface area contributed by atoms with Gasteiger partial charge in [0.1, 0.15) is 0 Å². The zero-order valence-corrected chi connectivity index (χ0v) is 10.2. The van der Waals surface area contributed by atoms with Crippen LogP contribution >= 0.6 is 0 Å². The maximum absolute atomic E-state index is 3.78. The zero-order valence-electron chi connectivity index (χ0n) is 10.2. The number of allylic oxidation sites excluding steroid dienone is 1. The third kappa shape index (κ3) is 7.14. The molecule has 0 rings (SSSR count). The molecule has 0 aliphatic rings. The van der Waals surface area contributed by atoms with Crippen molar-refractivity contribution < 1.29 is 0 Å². The minimum Gasteiger partial charge on any atom is -0.314 e. The normalized spacial score (nSPS) is 15.1. The number of nitrogens with one attached hydrogen (secondary N) is 1. The molecule has 1 N–H and O–H groups in total. The third-order valence-electron chi connectivity index (χ3n) is 2.79. The summed E-state index contributed by atoms with van der Waals surface area (Å²) in [6.07, 6.45) is 8.23. The van der Waals surface area contributed by atoms with Gasteiger partial charge in [0.15, 0.2) is 0 Å². The van der Waals surface area contributed by atoms with Crippen molar-refractivity contribution in [1.82, 2.24) is 5.32 Å². The predicted molar refractivity (Wildman–Crippen MR) is 65.6 cm³/mol. The summed E-state index contributed by atoms with van der Waals surface area (Å²) < 4.78 is 0. The van der Waals surface area contributed by atoms with Crippen LogP contribution in [0.2, 0.25) is 0 Å². The van der Waals surface area contributed by atoms with E-state index < -0.39 is 0 Å². The van der Waals surface area contributed by atoms with Gasteiger partial charge in [0, 0.05) is 6.04 Å². The first kappa shape index (κ1) is 13.7. The molecule has 0 saturated carbocycles. The van der Waals surface area contributed by atoms with Gasteiger partial charge in [-0.25, -0.2) is 0 Å². The summed E-state index contributed by atoms with van der Waals surface area (Å²) in [6.45, 7) is 11.8. The third-order valence-corrected chi connectivity index (χ3v) is 2.79. The first-order valence-electron chi connectivity index (χ1n) is 6.08. The summed E-state index contributed by atoms with van der Waals surface area (Å²) in [5.74, 6) is 0.842. The van der Waals surface area contributed by atoms with E-state index in [2.05, 4.69) is 32.7 Å².